The molecule has 0 fully saturated rings. The third kappa shape index (κ3) is 8.41. The molecule has 1 atom stereocenters. The van der Waals surface area contributed by atoms with Gasteiger partial charge in [0.25, 0.3) is 0 Å². The van der Waals surface area contributed by atoms with Gasteiger partial charge in [-0.05, 0) is 69.2 Å². The summed E-state index contributed by atoms with van der Waals surface area (Å²) in [5, 5.41) is 15.3. The van der Waals surface area contributed by atoms with Crippen LogP contribution < -0.4 is 20.5 Å². The van der Waals surface area contributed by atoms with Crippen LogP contribution in [-0.2, 0) is 21.2 Å². The maximum absolute atomic E-state index is 13.3. The smallest absolute Gasteiger partial charge is 0.407 e. The van der Waals surface area contributed by atoms with Crippen molar-refractivity contribution in [3.8, 4) is 5.75 Å². The lowest BCUT2D eigenvalue weighted by atomic mass is 10.0. The fourth-order valence-corrected chi connectivity index (χ4v) is 6.33. The third-order valence-electron chi connectivity index (χ3n) is 5.83. The van der Waals surface area contributed by atoms with Crippen molar-refractivity contribution in [1.29, 1.82) is 0 Å². The summed E-state index contributed by atoms with van der Waals surface area (Å²) >= 11 is 1.34. The first-order chi connectivity index (χ1) is 19.9. The van der Waals surface area contributed by atoms with E-state index in [9.17, 15) is 13.2 Å². The normalized spacial score (nSPS) is 13.1. The van der Waals surface area contributed by atoms with Crippen molar-refractivity contribution in [3.05, 3.63) is 88.9 Å². The molecule has 1 heterocycles. The van der Waals surface area contributed by atoms with Crippen molar-refractivity contribution in [1.82, 2.24) is 15.0 Å². The topological polar surface area (TPSA) is 165 Å². The Labute approximate surface area is 248 Å². The van der Waals surface area contributed by atoms with Gasteiger partial charge in [0, 0.05) is 5.56 Å². The van der Waals surface area contributed by atoms with Crippen LogP contribution in [0.15, 0.2) is 82.8 Å². The number of carbonyl (C=O) groups is 1. The second-order valence-corrected chi connectivity index (χ2v) is 13.1. The van der Waals surface area contributed by atoms with E-state index < -0.39 is 27.8 Å². The summed E-state index contributed by atoms with van der Waals surface area (Å²) in [5.74, 6) is 0.531. The molecule has 42 heavy (non-hydrogen) atoms. The first-order valence-corrected chi connectivity index (χ1v) is 15.4. The molecule has 0 aliphatic heterocycles. The zero-order valence-corrected chi connectivity index (χ0v) is 25.0. The van der Waals surface area contributed by atoms with E-state index in [1.54, 1.807) is 69.3 Å². The van der Waals surface area contributed by atoms with Gasteiger partial charge in [-0.3, -0.25) is 0 Å². The number of hydrogen-bond donors (Lipinski definition) is 4. The number of fused-ring (bicyclic) bond motifs is 1. The number of amidine groups is 1. The molecule has 11 nitrogen and oxygen atoms in total. The minimum atomic E-state index is -3.88. The monoisotopic (exact) mass is 611 g/mol. The quantitative estimate of drug-likeness (QED) is 0.0630. The molecular weight excluding hydrogens is 578 g/mol. The molecule has 0 saturated carbocycles. The third-order valence-corrected chi connectivity index (χ3v) is 8.45. The van der Waals surface area contributed by atoms with E-state index in [2.05, 4.69) is 15.2 Å². The van der Waals surface area contributed by atoms with Crippen molar-refractivity contribution in [2.75, 3.05) is 13.2 Å². The summed E-state index contributed by atoms with van der Waals surface area (Å²) in [7, 11) is -3.88. The Balaban J connectivity index is 1.55. The van der Waals surface area contributed by atoms with Crippen molar-refractivity contribution in [2.24, 2.45) is 10.9 Å². The second kappa shape index (κ2) is 13.2. The number of hydrogen-bond acceptors (Lipinski definition) is 9. The van der Waals surface area contributed by atoms with Gasteiger partial charge < -0.3 is 25.7 Å². The van der Waals surface area contributed by atoms with E-state index in [4.69, 9.17) is 25.4 Å². The highest BCUT2D eigenvalue weighted by atomic mass is 32.2. The van der Waals surface area contributed by atoms with E-state index in [-0.39, 0.29) is 30.3 Å². The van der Waals surface area contributed by atoms with Gasteiger partial charge >= 0.3 is 6.09 Å². The van der Waals surface area contributed by atoms with Crippen LogP contribution in [-0.4, -0.2) is 49.3 Å². The van der Waals surface area contributed by atoms with Crippen molar-refractivity contribution < 1.29 is 27.9 Å². The Kier molecular flexibility index (Phi) is 9.66. The molecule has 222 valence electrons. The molecule has 0 saturated heterocycles. The number of thiazole rings is 1. The van der Waals surface area contributed by atoms with Crippen molar-refractivity contribution in [2.45, 2.75) is 43.7 Å². The highest BCUT2D eigenvalue weighted by Crippen LogP contribution is 2.32. The van der Waals surface area contributed by atoms with Gasteiger partial charge in [0.2, 0.25) is 10.0 Å². The molecule has 0 radical (unpaired) electrons. The first-order valence-electron chi connectivity index (χ1n) is 13.1. The summed E-state index contributed by atoms with van der Waals surface area (Å²) in [6, 6.07) is 19.8. The minimum Gasteiger partial charge on any atom is -0.492 e. The van der Waals surface area contributed by atoms with E-state index in [0.29, 0.717) is 21.8 Å². The average molecular weight is 612 g/mol. The van der Waals surface area contributed by atoms with Crippen molar-refractivity contribution in [3.63, 3.8) is 0 Å². The lowest BCUT2D eigenvalue weighted by Crippen LogP contribution is -2.34. The Morgan fingerprint density at radius 1 is 1.10 bits per heavy atom. The van der Waals surface area contributed by atoms with Crippen LogP contribution in [0.3, 0.4) is 0 Å². The number of alkyl carbamates (subject to hydrolysis) is 1. The molecule has 1 aromatic heterocycles. The molecule has 0 bridgehead atoms. The van der Waals surface area contributed by atoms with E-state index in [1.807, 2.05) is 12.1 Å². The van der Waals surface area contributed by atoms with Gasteiger partial charge in [-0.25, -0.2) is 22.9 Å². The van der Waals surface area contributed by atoms with Crippen LogP contribution in [0.5, 0.6) is 5.75 Å². The van der Waals surface area contributed by atoms with Crippen LogP contribution in [0.2, 0.25) is 0 Å². The molecule has 0 aliphatic carbocycles. The minimum absolute atomic E-state index is 0.0490. The molecule has 13 heteroatoms. The number of ether oxygens (including phenoxy) is 2. The van der Waals surface area contributed by atoms with E-state index in [0.717, 1.165) is 10.3 Å². The van der Waals surface area contributed by atoms with E-state index >= 15 is 0 Å². The zero-order chi connectivity index (χ0) is 30.3. The van der Waals surface area contributed by atoms with Gasteiger partial charge in [-0.2, -0.15) is 0 Å². The predicted molar refractivity (Wildman–Crippen MR) is 162 cm³/mol. The summed E-state index contributed by atoms with van der Waals surface area (Å²) in [4.78, 5) is 16.7. The second-order valence-electron chi connectivity index (χ2n) is 10.3. The lowest BCUT2D eigenvalue weighted by Gasteiger charge is -2.19. The maximum Gasteiger partial charge on any atom is 0.407 e. The number of sulfonamides is 1. The predicted octanol–water partition coefficient (Wildman–Crippen LogP) is 4.56. The van der Waals surface area contributed by atoms with Gasteiger partial charge in [0.15, 0.2) is 5.84 Å². The van der Waals surface area contributed by atoms with Crippen LogP contribution >= 0.6 is 11.3 Å². The number of amides is 1. The molecule has 3 aromatic carbocycles. The van der Waals surface area contributed by atoms with Crippen molar-refractivity contribution >= 4 is 43.5 Å². The van der Waals surface area contributed by atoms with Crippen LogP contribution in [0, 0.1) is 0 Å². The fraction of sp³-hybridized carbons (Fsp3) is 0.276. The SMILES string of the molecule is CC(C)(C)OC(=O)NCCOc1ccc2nc(C(Cc3cccc(C(N)=NO)c3)NS(=O)(=O)c3ccccc3)sc2c1. The summed E-state index contributed by atoms with van der Waals surface area (Å²) < 4.78 is 41.2. The first kappa shape index (κ1) is 30.8. The average Bonchev–Trinajstić information content (AvgIpc) is 3.38. The molecule has 1 amide bonds. The highest BCUT2D eigenvalue weighted by Gasteiger charge is 2.25. The Morgan fingerprint density at radius 2 is 1.86 bits per heavy atom. The number of nitrogens with zero attached hydrogens (tertiary/aromatic N) is 2. The molecule has 1 unspecified atom stereocenters. The largest absolute Gasteiger partial charge is 0.492 e. The Bertz CT molecular complexity index is 1670. The van der Waals surface area contributed by atoms with Gasteiger partial charge in [0.05, 0.1) is 27.7 Å². The molecule has 5 N–H and O–H groups in total. The van der Waals surface area contributed by atoms with Crippen LogP contribution in [0.1, 0.15) is 42.9 Å². The van der Waals surface area contributed by atoms with Gasteiger partial charge in [-0.1, -0.05) is 41.6 Å². The van der Waals surface area contributed by atoms with E-state index in [1.165, 1.54) is 23.5 Å². The fourth-order valence-electron chi connectivity index (χ4n) is 3.98. The summed E-state index contributed by atoms with van der Waals surface area (Å²) in [6.45, 7) is 5.86. The number of oxime groups is 1. The highest BCUT2D eigenvalue weighted by molar-refractivity contribution is 7.89. The standard InChI is InChI=1S/C29H33N5O6S2/c1-29(2,3)40-28(35)31-14-15-39-21-12-13-23-25(18-21)41-27(32-23)24(34-42(37,38)22-10-5-4-6-11-22)17-19-8-7-9-20(16-19)26(30)33-36/h4-13,16,18,24,34,36H,14-15,17H2,1-3H3,(H2,30,33)(H,31,35). The number of rotatable bonds is 11. The Morgan fingerprint density at radius 3 is 2.57 bits per heavy atom. The van der Waals surface area contributed by atoms with Crippen LogP contribution in [0.25, 0.3) is 10.2 Å². The molecule has 4 aromatic rings. The maximum atomic E-state index is 13.3. The number of carbonyl (C=O) groups excluding carboxylic acids is 1. The summed E-state index contributed by atoms with van der Waals surface area (Å²) in [5.41, 5.74) is 7.14. The van der Waals surface area contributed by atoms with Crippen LogP contribution in [0.4, 0.5) is 4.79 Å². The number of nitrogens with two attached hydrogens (primary N) is 1. The zero-order valence-electron chi connectivity index (χ0n) is 23.4. The molecular formula is C29H33N5O6S2. The number of nitrogens with one attached hydrogen (secondary N) is 2. The van der Waals surface area contributed by atoms with Gasteiger partial charge in [0.1, 0.15) is 23.0 Å². The molecule has 4 rings (SSSR count). The lowest BCUT2D eigenvalue weighted by molar-refractivity contribution is 0.0520. The molecule has 0 aliphatic rings. The number of benzene rings is 3. The summed E-state index contributed by atoms with van der Waals surface area (Å²) in [6.07, 6.45) is -0.257. The van der Waals surface area contributed by atoms with Gasteiger partial charge in [-0.15, -0.1) is 11.3 Å². The Hall–Kier alpha value is -4.20. The number of aromatic nitrogens is 1. The molecule has 0 spiro atoms.